The van der Waals surface area contributed by atoms with Crippen molar-refractivity contribution in [3.05, 3.63) is 28.0 Å². The third-order valence-corrected chi connectivity index (χ3v) is 3.70. The average molecular weight is 267 g/mol. The van der Waals surface area contributed by atoms with Gasteiger partial charge in [0.2, 0.25) is 0 Å². The molecule has 2 rings (SSSR count). The van der Waals surface area contributed by atoms with E-state index in [2.05, 4.69) is 10.1 Å². The Labute approximate surface area is 110 Å². The van der Waals surface area contributed by atoms with Gasteiger partial charge in [0.15, 0.2) is 5.75 Å². The van der Waals surface area contributed by atoms with Gasteiger partial charge in [-0.3, -0.25) is 4.68 Å². The van der Waals surface area contributed by atoms with Gasteiger partial charge < -0.3 is 9.84 Å². The first kappa shape index (κ1) is 13.0. The first-order valence-electron chi connectivity index (χ1n) is 5.84. The maximum Gasteiger partial charge on any atom is 0.162 e. The molecule has 0 aliphatic heterocycles. The highest BCUT2D eigenvalue weighted by atomic mass is 32.1. The molecule has 0 radical (unpaired) electrons. The van der Waals surface area contributed by atoms with E-state index in [1.165, 1.54) is 0 Å². The molecule has 1 N–H and O–H groups in total. The SMILES string of the molecule is CCn1ncc(OC)c1C(O)Cc1nc(C)cs1. The topological polar surface area (TPSA) is 60.2 Å². The molecule has 0 saturated carbocycles. The van der Waals surface area contributed by atoms with Crippen LogP contribution in [0.15, 0.2) is 11.6 Å². The number of hydrogen-bond donors (Lipinski definition) is 1. The van der Waals surface area contributed by atoms with Crippen LogP contribution in [0.25, 0.3) is 0 Å². The first-order chi connectivity index (χ1) is 8.65. The predicted octanol–water partition coefficient (Wildman–Crippen LogP) is 1.95. The third kappa shape index (κ3) is 2.54. The second-order valence-corrected chi connectivity index (χ2v) is 4.96. The van der Waals surface area contributed by atoms with E-state index in [4.69, 9.17) is 4.74 Å². The van der Waals surface area contributed by atoms with Crippen molar-refractivity contribution in [2.24, 2.45) is 0 Å². The molecule has 5 nitrogen and oxygen atoms in total. The van der Waals surface area contributed by atoms with E-state index in [-0.39, 0.29) is 0 Å². The number of aliphatic hydroxyl groups is 1. The van der Waals surface area contributed by atoms with Crippen LogP contribution in [-0.4, -0.2) is 27.0 Å². The van der Waals surface area contributed by atoms with Gasteiger partial charge in [0, 0.05) is 24.0 Å². The summed E-state index contributed by atoms with van der Waals surface area (Å²) in [5.41, 5.74) is 1.70. The molecular weight excluding hydrogens is 250 g/mol. The van der Waals surface area contributed by atoms with Gasteiger partial charge >= 0.3 is 0 Å². The van der Waals surface area contributed by atoms with E-state index in [1.54, 1.807) is 29.3 Å². The van der Waals surface area contributed by atoms with Gasteiger partial charge in [0.25, 0.3) is 0 Å². The molecule has 2 aromatic rings. The summed E-state index contributed by atoms with van der Waals surface area (Å²) in [5.74, 6) is 0.623. The number of rotatable bonds is 5. The molecule has 18 heavy (non-hydrogen) atoms. The van der Waals surface area contributed by atoms with Gasteiger partial charge in [-0.15, -0.1) is 11.3 Å². The van der Waals surface area contributed by atoms with Crippen LogP contribution >= 0.6 is 11.3 Å². The number of hydrogen-bond acceptors (Lipinski definition) is 5. The number of methoxy groups -OCH3 is 1. The van der Waals surface area contributed by atoms with Crippen LogP contribution in [-0.2, 0) is 13.0 Å². The zero-order valence-corrected chi connectivity index (χ0v) is 11.6. The van der Waals surface area contributed by atoms with Crippen LogP contribution in [0.4, 0.5) is 0 Å². The van der Waals surface area contributed by atoms with E-state index in [0.29, 0.717) is 24.4 Å². The van der Waals surface area contributed by atoms with Crippen molar-refractivity contribution < 1.29 is 9.84 Å². The van der Waals surface area contributed by atoms with Gasteiger partial charge in [-0.25, -0.2) is 4.98 Å². The molecule has 0 fully saturated rings. The Kier molecular flexibility index (Phi) is 3.98. The van der Waals surface area contributed by atoms with Crippen LogP contribution in [0.5, 0.6) is 5.75 Å². The van der Waals surface area contributed by atoms with Crippen LogP contribution in [0.1, 0.15) is 29.4 Å². The van der Waals surface area contributed by atoms with Gasteiger partial charge in [-0.2, -0.15) is 5.10 Å². The molecule has 0 aliphatic carbocycles. The second-order valence-electron chi connectivity index (χ2n) is 4.02. The Morgan fingerprint density at radius 3 is 2.89 bits per heavy atom. The van der Waals surface area contributed by atoms with Crippen molar-refractivity contribution in [1.29, 1.82) is 0 Å². The molecule has 1 atom stereocenters. The lowest BCUT2D eigenvalue weighted by molar-refractivity contribution is 0.162. The summed E-state index contributed by atoms with van der Waals surface area (Å²) in [6.45, 7) is 4.63. The molecule has 0 aliphatic rings. The van der Waals surface area contributed by atoms with Crippen LogP contribution < -0.4 is 4.74 Å². The average Bonchev–Trinajstić information content (AvgIpc) is 2.94. The summed E-state index contributed by atoms with van der Waals surface area (Å²) in [6, 6.07) is 0. The van der Waals surface area contributed by atoms with Gasteiger partial charge in [-0.05, 0) is 13.8 Å². The van der Waals surface area contributed by atoms with E-state index in [0.717, 1.165) is 10.7 Å². The monoisotopic (exact) mass is 267 g/mol. The molecule has 0 bridgehead atoms. The number of aromatic nitrogens is 3. The number of aryl methyl sites for hydroxylation is 2. The van der Waals surface area contributed by atoms with Crippen molar-refractivity contribution >= 4 is 11.3 Å². The van der Waals surface area contributed by atoms with Crippen LogP contribution in [0, 0.1) is 6.92 Å². The molecule has 0 saturated heterocycles. The first-order valence-corrected chi connectivity index (χ1v) is 6.72. The van der Waals surface area contributed by atoms with Crippen LogP contribution in [0.2, 0.25) is 0 Å². The molecule has 2 heterocycles. The lowest BCUT2D eigenvalue weighted by Gasteiger charge is -2.12. The lowest BCUT2D eigenvalue weighted by Crippen LogP contribution is -2.11. The summed E-state index contributed by atoms with van der Waals surface area (Å²) in [5, 5.41) is 17.4. The van der Waals surface area contributed by atoms with Crippen molar-refractivity contribution in [2.75, 3.05) is 7.11 Å². The van der Waals surface area contributed by atoms with E-state index in [9.17, 15) is 5.11 Å². The summed E-state index contributed by atoms with van der Waals surface area (Å²) >= 11 is 1.56. The standard InChI is InChI=1S/C12H17N3O2S/c1-4-15-12(10(17-3)6-13-15)9(16)5-11-14-8(2)7-18-11/h6-7,9,16H,4-5H2,1-3H3. The Bertz CT molecular complexity index is 500. The maximum absolute atomic E-state index is 10.3. The molecule has 98 valence electrons. The minimum Gasteiger partial charge on any atom is -0.493 e. The van der Waals surface area contributed by atoms with Gasteiger partial charge in [-0.1, -0.05) is 0 Å². The zero-order valence-electron chi connectivity index (χ0n) is 10.8. The van der Waals surface area contributed by atoms with Gasteiger partial charge in [0.05, 0.1) is 18.3 Å². The normalized spacial score (nSPS) is 12.7. The summed E-state index contributed by atoms with van der Waals surface area (Å²) in [7, 11) is 1.58. The minimum atomic E-state index is -0.645. The number of aliphatic hydroxyl groups excluding tert-OH is 1. The highest BCUT2D eigenvalue weighted by Gasteiger charge is 2.20. The fourth-order valence-electron chi connectivity index (χ4n) is 1.88. The molecule has 2 aromatic heterocycles. The largest absolute Gasteiger partial charge is 0.493 e. The third-order valence-electron chi connectivity index (χ3n) is 2.71. The molecule has 6 heteroatoms. The van der Waals surface area contributed by atoms with E-state index < -0.39 is 6.10 Å². The number of thiazole rings is 1. The Hall–Kier alpha value is -1.40. The lowest BCUT2D eigenvalue weighted by atomic mass is 10.2. The summed E-state index contributed by atoms with van der Waals surface area (Å²) < 4.78 is 6.99. The highest BCUT2D eigenvalue weighted by Crippen LogP contribution is 2.28. The van der Waals surface area contributed by atoms with Crippen molar-refractivity contribution in [3.63, 3.8) is 0 Å². The van der Waals surface area contributed by atoms with E-state index in [1.807, 2.05) is 19.2 Å². The van der Waals surface area contributed by atoms with E-state index >= 15 is 0 Å². The molecule has 0 spiro atoms. The van der Waals surface area contributed by atoms with Crippen molar-refractivity contribution in [3.8, 4) is 5.75 Å². The summed E-state index contributed by atoms with van der Waals surface area (Å²) in [4.78, 5) is 4.36. The van der Waals surface area contributed by atoms with Crippen molar-refractivity contribution in [1.82, 2.24) is 14.8 Å². The summed E-state index contributed by atoms with van der Waals surface area (Å²) in [6.07, 6.45) is 1.48. The molecule has 1 unspecified atom stereocenters. The zero-order chi connectivity index (χ0) is 13.1. The quantitative estimate of drug-likeness (QED) is 0.899. The fraction of sp³-hybridized carbons (Fsp3) is 0.500. The maximum atomic E-state index is 10.3. The minimum absolute atomic E-state index is 0.487. The fourth-order valence-corrected chi connectivity index (χ4v) is 2.69. The smallest absolute Gasteiger partial charge is 0.162 e. The van der Waals surface area contributed by atoms with Crippen LogP contribution in [0.3, 0.4) is 0 Å². The molecule has 0 aromatic carbocycles. The Morgan fingerprint density at radius 2 is 2.33 bits per heavy atom. The van der Waals surface area contributed by atoms with Crippen molar-refractivity contribution in [2.45, 2.75) is 32.9 Å². The van der Waals surface area contributed by atoms with Gasteiger partial charge in [0.1, 0.15) is 11.8 Å². The highest BCUT2D eigenvalue weighted by molar-refractivity contribution is 7.09. The Morgan fingerprint density at radius 1 is 1.56 bits per heavy atom. The molecule has 0 amide bonds. The Balaban J connectivity index is 2.22. The molecular formula is C12H17N3O2S. The predicted molar refractivity (Wildman–Crippen MR) is 70.0 cm³/mol. The second kappa shape index (κ2) is 5.49. The number of ether oxygens (including phenoxy) is 1. The number of nitrogens with zero attached hydrogens (tertiary/aromatic N) is 3.